The topological polar surface area (TPSA) is 52.0 Å². The van der Waals surface area contributed by atoms with Gasteiger partial charge >= 0.3 is 0 Å². The van der Waals surface area contributed by atoms with Crippen LogP contribution in [0.5, 0.6) is 0 Å². The number of halogens is 2. The monoisotopic (exact) mass is 376 g/mol. The van der Waals surface area contributed by atoms with Crippen LogP contribution in [-0.4, -0.2) is 13.1 Å². The molecule has 0 spiro atoms. The van der Waals surface area contributed by atoms with Crippen LogP contribution in [0.3, 0.4) is 0 Å². The highest BCUT2D eigenvalue weighted by Gasteiger charge is 2.15. The second-order valence-corrected chi connectivity index (χ2v) is 7.14. The molecule has 0 saturated carbocycles. The second-order valence-electron chi connectivity index (χ2n) is 4.46. The molecule has 2 aromatic carbocycles. The van der Waals surface area contributed by atoms with Crippen LogP contribution in [0.15, 0.2) is 60.7 Å². The molecule has 0 saturated heterocycles. The summed E-state index contributed by atoms with van der Waals surface area (Å²) in [5, 5.41) is 0.609. The maximum atomic E-state index is 5.91. The Morgan fingerprint density at radius 1 is 0.636 bits per heavy atom. The fourth-order valence-electron chi connectivity index (χ4n) is 1.93. The quantitative estimate of drug-likeness (QED) is 0.692. The summed E-state index contributed by atoms with van der Waals surface area (Å²) < 4.78 is 0. The molecule has 2 unspecified atom stereocenters. The highest BCUT2D eigenvalue weighted by atomic mass is 35.5. The van der Waals surface area contributed by atoms with Gasteiger partial charge in [0.1, 0.15) is 0 Å². The molecule has 2 rings (SSSR count). The summed E-state index contributed by atoms with van der Waals surface area (Å²) >= 11 is 0. The molecule has 0 fully saturated rings. The minimum Gasteiger partial charge on any atom is -0.329 e. The van der Waals surface area contributed by atoms with Crippen LogP contribution in [0, 0.1) is 0 Å². The zero-order valence-corrected chi connectivity index (χ0v) is 15.4. The summed E-state index contributed by atoms with van der Waals surface area (Å²) in [7, 11) is 3.63. The number of rotatable bonds is 7. The smallest absolute Gasteiger partial charge is 0.0523 e. The average molecular weight is 377 g/mol. The highest BCUT2D eigenvalue weighted by molar-refractivity contribution is 8.76. The van der Waals surface area contributed by atoms with Crippen LogP contribution >= 0.6 is 46.4 Å². The Bertz CT molecular complexity index is 453. The van der Waals surface area contributed by atoms with Crippen molar-refractivity contribution in [1.29, 1.82) is 0 Å². The van der Waals surface area contributed by atoms with E-state index in [2.05, 4.69) is 48.5 Å². The van der Waals surface area contributed by atoms with Gasteiger partial charge in [-0.2, -0.15) is 0 Å². The summed E-state index contributed by atoms with van der Waals surface area (Å²) in [6.45, 7) is 1.27. The molecule has 22 heavy (non-hydrogen) atoms. The number of benzene rings is 2. The predicted octanol–water partition coefficient (Wildman–Crippen LogP) is 4.61. The second kappa shape index (κ2) is 12.1. The van der Waals surface area contributed by atoms with E-state index in [1.165, 1.54) is 11.1 Å². The van der Waals surface area contributed by atoms with Crippen molar-refractivity contribution in [1.82, 2.24) is 0 Å². The van der Waals surface area contributed by atoms with Crippen molar-refractivity contribution in [3.8, 4) is 0 Å². The summed E-state index contributed by atoms with van der Waals surface area (Å²) in [5.74, 6) is 0. The van der Waals surface area contributed by atoms with Crippen molar-refractivity contribution in [2.75, 3.05) is 13.1 Å². The summed E-state index contributed by atoms with van der Waals surface area (Å²) in [6, 6.07) is 20.8. The Balaban J connectivity index is 0.00000220. The van der Waals surface area contributed by atoms with E-state index in [9.17, 15) is 0 Å². The number of hydrogen-bond acceptors (Lipinski definition) is 4. The molecule has 0 amide bonds. The molecule has 4 N–H and O–H groups in total. The van der Waals surface area contributed by atoms with E-state index in [1.807, 2.05) is 33.7 Å². The van der Waals surface area contributed by atoms with E-state index < -0.39 is 0 Å². The third-order valence-electron chi connectivity index (χ3n) is 3.06. The van der Waals surface area contributed by atoms with Crippen LogP contribution in [-0.2, 0) is 0 Å². The molecule has 0 bridgehead atoms. The SMILES string of the molecule is Cl.Cl.NCC(SSC(CN)c1ccccc1)c1ccccc1. The summed E-state index contributed by atoms with van der Waals surface area (Å²) in [5.41, 5.74) is 14.4. The molecule has 2 nitrogen and oxygen atoms in total. The van der Waals surface area contributed by atoms with E-state index in [0.717, 1.165) is 0 Å². The third-order valence-corrected chi connectivity index (χ3v) is 6.29. The molecule has 2 aromatic rings. The zero-order chi connectivity index (χ0) is 14.2. The van der Waals surface area contributed by atoms with Gasteiger partial charge in [0, 0.05) is 13.1 Å². The molecule has 122 valence electrons. The lowest BCUT2D eigenvalue weighted by atomic mass is 10.1. The average Bonchev–Trinajstić information content (AvgIpc) is 2.53. The van der Waals surface area contributed by atoms with Gasteiger partial charge < -0.3 is 11.5 Å². The van der Waals surface area contributed by atoms with Crippen LogP contribution in [0.2, 0.25) is 0 Å². The lowest BCUT2D eigenvalue weighted by molar-refractivity contribution is 0.940. The molecule has 0 radical (unpaired) electrons. The van der Waals surface area contributed by atoms with Crippen molar-refractivity contribution < 1.29 is 0 Å². The fraction of sp³-hybridized carbons (Fsp3) is 0.250. The first kappa shape index (κ1) is 21.6. The maximum absolute atomic E-state index is 5.91. The van der Waals surface area contributed by atoms with E-state index in [1.54, 1.807) is 0 Å². The third kappa shape index (κ3) is 6.41. The van der Waals surface area contributed by atoms with E-state index in [4.69, 9.17) is 11.5 Å². The van der Waals surface area contributed by atoms with Crippen LogP contribution in [0.4, 0.5) is 0 Å². The van der Waals surface area contributed by atoms with Gasteiger partial charge in [0.25, 0.3) is 0 Å². The Morgan fingerprint density at radius 3 is 1.23 bits per heavy atom. The molecule has 0 heterocycles. The predicted molar refractivity (Wildman–Crippen MR) is 106 cm³/mol. The Hall–Kier alpha value is -0.360. The van der Waals surface area contributed by atoms with Crippen LogP contribution in [0.25, 0.3) is 0 Å². The summed E-state index contributed by atoms with van der Waals surface area (Å²) in [6.07, 6.45) is 0. The first-order valence-electron chi connectivity index (χ1n) is 6.67. The van der Waals surface area contributed by atoms with Gasteiger partial charge in [-0.05, 0) is 11.1 Å². The van der Waals surface area contributed by atoms with Crippen molar-refractivity contribution in [2.24, 2.45) is 11.5 Å². The van der Waals surface area contributed by atoms with Gasteiger partial charge in [-0.25, -0.2) is 0 Å². The lowest BCUT2D eigenvalue weighted by Crippen LogP contribution is -2.11. The van der Waals surface area contributed by atoms with E-state index in [-0.39, 0.29) is 24.8 Å². The van der Waals surface area contributed by atoms with Crippen LogP contribution < -0.4 is 11.5 Å². The largest absolute Gasteiger partial charge is 0.329 e. The fourth-order valence-corrected chi connectivity index (χ4v) is 4.84. The lowest BCUT2D eigenvalue weighted by Gasteiger charge is -2.19. The Labute approximate surface area is 153 Å². The van der Waals surface area contributed by atoms with E-state index >= 15 is 0 Å². The molecule has 0 aliphatic rings. The summed E-state index contributed by atoms with van der Waals surface area (Å²) in [4.78, 5) is 0. The molecule has 0 aromatic heterocycles. The minimum absolute atomic E-state index is 0. The Kier molecular flexibility index (Phi) is 11.9. The van der Waals surface area contributed by atoms with Crippen molar-refractivity contribution in [2.45, 2.75) is 10.5 Å². The van der Waals surface area contributed by atoms with E-state index in [0.29, 0.717) is 23.6 Å². The standard InChI is InChI=1S/C16H20N2S2.2ClH/c17-11-15(13-7-3-1-4-8-13)19-20-16(12-18)14-9-5-2-6-10-14;;/h1-10,15-16H,11-12,17-18H2;2*1H. The molecule has 2 atom stereocenters. The van der Waals surface area contributed by atoms with Crippen LogP contribution in [0.1, 0.15) is 21.6 Å². The van der Waals surface area contributed by atoms with Gasteiger partial charge in [0.15, 0.2) is 0 Å². The van der Waals surface area contributed by atoms with Gasteiger partial charge in [-0.3, -0.25) is 0 Å². The number of hydrogen-bond donors (Lipinski definition) is 2. The molecule has 6 heteroatoms. The normalized spacial score (nSPS) is 12.6. The molecule has 0 aliphatic heterocycles. The zero-order valence-electron chi connectivity index (χ0n) is 12.1. The Morgan fingerprint density at radius 2 is 0.955 bits per heavy atom. The molecular formula is C16H22Cl2N2S2. The first-order valence-corrected chi connectivity index (χ1v) is 8.95. The van der Waals surface area contributed by atoms with Crippen molar-refractivity contribution >= 4 is 46.4 Å². The molecule has 0 aliphatic carbocycles. The van der Waals surface area contributed by atoms with Gasteiger partial charge in [-0.15, -0.1) is 24.8 Å². The van der Waals surface area contributed by atoms with Gasteiger partial charge in [-0.1, -0.05) is 82.3 Å². The number of nitrogens with two attached hydrogens (primary N) is 2. The minimum atomic E-state index is 0. The van der Waals surface area contributed by atoms with Gasteiger partial charge in [0.2, 0.25) is 0 Å². The first-order chi connectivity index (χ1) is 9.85. The highest BCUT2D eigenvalue weighted by Crippen LogP contribution is 2.45. The van der Waals surface area contributed by atoms with Gasteiger partial charge in [0.05, 0.1) is 10.5 Å². The van der Waals surface area contributed by atoms with Crippen molar-refractivity contribution in [3.05, 3.63) is 71.8 Å². The molecular weight excluding hydrogens is 355 g/mol. The maximum Gasteiger partial charge on any atom is 0.0523 e. The van der Waals surface area contributed by atoms with Crippen molar-refractivity contribution in [3.63, 3.8) is 0 Å².